The summed E-state index contributed by atoms with van der Waals surface area (Å²) in [6, 6.07) is 50.9. The minimum Gasteiger partial charge on any atom is -0.310 e. The van der Waals surface area contributed by atoms with E-state index < -0.39 is 110 Å². The van der Waals surface area contributed by atoms with Gasteiger partial charge in [-0.25, -0.2) is 0 Å². The zero-order valence-corrected chi connectivity index (χ0v) is 88.4. The van der Waals surface area contributed by atoms with E-state index in [-0.39, 0.29) is 147 Å². The van der Waals surface area contributed by atoms with Gasteiger partial charge in [-0.1, -0.05) is 413 Å². The zero-order chi connectivity index (χ0) is 114. The summed E-state index contributed by atoms with van der Waals surface area (Å²) >= 11 is 0. The fourth-order valence-corrected chi connectivity index (χ4v) is 20.0. The van der Waals surface area contributed by atoms with E-state index in [1.165, 1.54) is 15.7 Å². The maximum atomic E-state index is 12.1. The van der Waals surface area contributed by atoms with Gasteiger partial charge in [0, 0.05) is 77.9 Å². The number of rotatable bonds is 9. The molecule has 137 heavy (non-hydrogen) atoms. The molecule has 0 fully saturated rings. The quantitative estimate of drug-likeness (QED) is 0.134. The van der Waals surface area contributed by atoms with Crippen molar-refractivity contribution in [2.24, 2.45) is 0 Å². The Morgan fingerprint density at radius 1 is 0.212 bits per heavy atom. The first-order valence-corrected chi connectivity index (χ1v) is 49.4. The van der Waals surface area contributed by atoms with Crippen LogP contribution in [0.4, 0.5) is 34.1 Å². The number of aromatic nitrogens is 2. The molecule has 702 valence electrons. The molecule has 2 aliphatic heterocycles. The molecule has 14 aromatic carbocycles. The molecule has 0 saturated heterocycles. The van der Waals surface area contributed by atoms with E-state index in [1.54, 1.807) is 0 Å². The van der Waals surface area contributed by atoms with Gasteiger partial charge in [-0.05, 0) is 278 Å². The highest BCUT2D eigenvalue weighted by atomic mass is 15.2. The van der Waals surface area contributed by atoms with Gasteiger partial charge < -0.3 is 18.9 Å². The van der Waals surface area contributed by atoms with Gasteiger partial charge in [0.15, 0.2) is 0 Å². The Balaban J connectivity index is 1.20. The number of hydrogen-bond acceptors (Lipinski definition) is 2. The Morgan fingerprint density at radius 3 is 1.04 bits per heavy atom. The van der Waals surface area contributed by atoms with Crippen molar-refractivity contribution in [3.05, 3.63) is 327 Å². The summed E-state index contributed by atoms with van der Waals surface area (Å²) < 4.78 is 183. The van der Waals surface area contributed by atoms with Crippen molar-refractivity contribution in [2.75, 3.05) is 9.80 Å². The molecule has 16 aromatic rings. The smallest absolute Gasteiger partial charge is 0.252 e. The van der Waals surface area contributed by atoms with Gasteiger partial charge in [0.2, 0.25) is 0 Å². The molecule has 18 rings (SSSR count). The van der Waals surface area contributed by atoms with Crippen molar-refractivity contribution < 1.29 is 23.3 Å². The summed E-state index contributed by atoms with van der Waals surface area (Å²) in [5, 5.41) is 1.81. The maximum absolute atomic E-state index is 12.1. The lowest BCUT2D eigenvalue weighted by Gasteiger charge is -2.46. The summed E-state index contributed by atoms with van der Waals surface area (Å²) in [6.07, 6.45) is 0. The van der Waals surface area contributed by atoms with Gasteiger partial charge in [0.25, 0.3) is 6.71 Å². The van der Waals surface area contributed by atoms with Crippen LogP contribution in [0, 0.1) is 0 Å². The Morgan fingerprint density at radius 2 is 0.591 bits per heavy atom. The van der Waals surface area contributed by atoms with Crippen LogP contribution in [0.15, 0.2) is 260 Å². The van der Waals surface area contributed by atoms with E-state index in [2.05, 4.69) is 315 Å². The predicted octanol–water partition coefficient (Wildman–Crippen LogP) is 35.9. The van der Waals surface area contributed by atoms with Crippen LogP contribution in [0.1, 0.15) is 339 Å². The molecule has 4 nitrogen and oxygen atoms in total. The third-order valence-corrected chi connectivity index (χ3v) is 28.5. The third kappa shape index (κ3) is 17.3. The van der Waals surface area contributed by atoms with Crippen LogP contribution >= 0.6 is 0 Å². The van der Waals surface area contributed by atoms with E-state index in [0.717, 1.165) is 106 Å². The van der Waals surface area contributed by atoms with Gasteiger partial charge in [0.1, 0.15) is 0 Å². The van der Waals surface area contributed by atoms with Crippen LogP contribution in [0.25, 0.3) is 111 Å². The number of nitrogens with zero attached hydrogens (tertiary/aromatic N) is 4. The van der Waals surface area contributed by atoms with Crippen LogP contribution in [0.5, 0.6) is 0 Å². The Bertz CT molecular complexity index is 8430. The van der Waals surface area contributed by atoms with Crippen molar-refractivity contribution in [2.45, 2.75) is 314 Å². The first kappa shape index (κ1) is 76.3. The van der Waals surface area contributed by atoms with Crippen molar-refractivity contribution in [1.29, 1.82) is 0 Å². The lowest BCUT2D eigenvalue weighted by molar-refractivity contribution is 0.568. The molecule has 5 heteroatoms. The maximum Gasteiger partial charge on any atom is 0.252 e. The molecule has 0 radical (unpaired) electrons. The van der Waals surface area contributed by atoms with E-state index >= 15 is 0 Å². The number of anilines is 6. The normalized spacial score (nSPS) is 15.7. The molecule has 2 aliphatic rings. The summed E-state index contributed by atoms with van der Waals surface area (Å²) in [4.78, 5) is 4.52. The molecule has 0 aliphatic carbocycles. The molecule has 0 amide bonds. The predicted molar refractivity (Wildman–Crippen MR) is 601 cm³/mol. The van der Waals surface area contributed by atoms with Crippen LogP contribution in [-0.4, -0.2) is 15.8 Å². The third-order valence-electron chi connectivity index (χ3n) is 28.5. The molecule has 0 N–H and O–H groups in total. The fraction of sp³-hybridized carbons (Fsp3) is 0.364. The second-order valence-electron chi connectivity index (χ2n) is 51.6. The molecule has 0 unspecified atom stereocenters. The zero-order valence-electron chi connectivity index (χ0n) is 105. The minimum absolute atomic E-state index is 0.0389. The van der Waals surface area contributed by atoms with Crippen molar-refractivity contribution in [3.8, 4) is 67.0 Å². The van der Waals surface area contributed by atoms with Gasteiger partial charge >= 0.3 is 0 Å². The van der Waals surface area contributed by atoms with Gasteiger partial charge in [-0.2, -0.15) is 0 Å². The molecular formula is C132H151BN4. The summed E-state index contributed by atoms with van der Waals surface area (Å²) in [6.45, 7) is 75.8. The highest BCUT2D eigenvalue weighted by Crippen LogP contribution is 2.59. The van der Waals surface area contributed by atoms with Crippen LogP contribution in [0.2, 0.25) is 0 Å². The lowest BCUT2D eigenvalue weighted by Crippen LogP contribution is -2.61. The van der Waals surface area contributed by atoms with Crippen molar-refractivity contribution in [1.82, 2.24) is 9.13 Å². The average molecular weight is 1820 g/mol. The van der Waals surface area contributed by atoms with E-state index in [4.69, 9.17) is 0 Å². The minimum atomic E-state index is -1.23. The van der Waals surface area contributed by atoms with Crippen LogP contribution < -0.4 is 26.2 Å². The molecule has 2 aromatic heterocycles. The summed E-state index contributed by atoms with van der Waals surface area (Å²) in [5.74, 6) is 0. The van der Waals surface area contributed by atoms with E-state index in [0.29, 0.717) is 27.9 Å². The second kappa shape index (κ2) is 32.5. The SMILES string of the molecule is [2H]c1c([2H])c(C(C)(C)C)c([2H])c([2H])c1-c1c([2H])c(C(C)(C)C)c([2H])c(-c2c([2H])c(C(C)(C)C)c([2H])c([2H])c2C(C)(C)C)c1N1c2cc(-n3c4c([2H])c([2H])c([2H])c([2H])c4c4c([2H])c([2H])c([2H])c([2H])c43)ccc2B2c3ccc(-n4c5ccc(C(C)(C)C)cc5c5cc(C(C)(C)C)ccc54)cc3N(c3c(-c4ccc(C(C)(C)C)cc4)cc(C(C)(C)C)cc3-c3ccc(C(C)(C)C)cc3C(C)(C)C)c3cc(-c4cc(C(C)(C)C)cc(C(C)(C)C)c4)cc1c32. The highest BCUT2D eigenvalue weighted by Gasteiger charge is 2.48. The number of para-hydroxylation sites is 2. The average Bonchev–Trinajstić information content (AvgIpc) is 0.807. The van der Waals surface area contributed by atoms with Crippen LogP contribution in [0.3, 0.4) is 0 Å². The van der Waals surface area contributed by atoms with Crippen molar-refractivity contribution in [3.63, 3.8) is 0 Å². The van der Waals surface area contributed by atoms with Crippen molar-refractivity contribution >= 4 is 101 Å². The number of hydrogen-bond donors (Lipinski definition) is 0. The molecule has 0 saturated carbocycles. The molecule has 0 spiro atoms. The number of benzene rings is 14. The monoisotopic (exact) mass is 1820 g/mol. The summed E-state index contributed by atoms with van der Waals surface area (Å²) in [7, 11) is 0. The van der Waals surface area contributed by atoms with Gasteiger partial charge in [-0.15, -0.1) is 0 Å². The second-order valence-corrected chi connectivity index (χ2v) is 51.6. The van der Waals surface area contributed by atoms with Gasteiger partial charge in [-0.3, -0.25) is 0 Å². The van der Waals surface area contributed by atoms with Crippen LogP contribution in [-0.2, 0) is 65.0 Å². The highest BCUT2D eigenvalue weighted by molar-refractivity contribution is 7.00. The summed E-state index contributed by atoms with van der Waals surface area (Å²) in [5.41, 5.74) is 13.7. The molecule has 0 bridgehead atoms. The van der Waals surface area contributed by atoms with E-state index in [9.17, 15) is 23.3 Å². The largest absolute Gasteiger partial charge is 0.310 e. The van der Waals surface area contributed by atoms with Gasteiger partial charge in [0.05, 0.1) is 56.7 Å². The first-order valence-electron chi connectivity index (χ1n) is 57.9. The topological polar surface area (TPSA) is 16.3 Å². The lowest BCUT2D eigenvalue weighted by atomic mass is 9.33. The first-order chi connectivity index (χ1) is 70.6. The Kier molecular flexibility index (Phi) is 18.1. The Labute approximate surface area is 846 Å². The Hall–Kier alpha value is -11.7. The number of fused-ring (bicyclic) bond motifs is 10. The fourth-order valence-electron chi connectivity index (χ4n) is 20.0. The molecule has 4 heterocycles. The van der Waals surface area contributed by atoms with E-state index in [1.807, 2.05) is 106 Å². The standard InChI is InChI=1S/C132H151BN4/c1-121(2,3)84-49-45-80(46-50-84)99-73-92(129(25,26)27)75-104(96-59-53-89(126(16,17)18)77-107(96)132(34,35)36)119(99)136-114-79-95(135-112-63-55-87(124(10,11)12)71-102(112)103-72-88(125(13,14)15)56-64-113(103)135)58-62-108(114)133-109-61-57-94(134-110-43-39-37-41-97(110)98-42-38-40-44-111(98)134)78-115(109)137(117-68-83(67-116(136)118(117)133)82-65-90(127(19,20)21)69-91(66-82)128(22,23)24)120-100(81-47-51-85(52-48-81)122(4,5)6)74-93(130(28,29)30)76-105(120)101-70-86(123(7,8)9)54-60-106(101)131(31,32)33/h37-79H,1-36H3/i37D,38D,39D,40D,41D,42D,43D,44D,47D,48D,51D,52D,54D,60D,70D,74D,76D. The molecule has 0 atom stereocenters. The molecular weight excluding hydrogens is 1650 g/mol.